The van der Waals surface area contributed by atoms with Gasteiger partial charge in [-0.2, -0.15) is 0 Å². The molecule has 0 aliphatic heterocycles. The van der Waals surface area contributed by atoms with Crippen molar-refractivity contribution >= 4 is 0 Å². The van der Waals surface area contributed by atoms with Gasteiger partial charge in [0.15, 0.2) is 0 Å². The van der Waals surface area contributed by atoms with E-state index in [1.165, 1.54) is 0 Å². The van der Waals surface area contributed by atoms with Crippen LogP contribution >= 0.6 is 0 Å². The van der Waals surface area contributed by atoms with E-state index in [0.29, 0.717) is 0 Å². The van der Waals surface area contributed by atoms with Crippen molar-refractivity contribution in [1.82, 2.24) is 4.98 Å². The van der Waals surface area contributed by atoms with Crippen LogP contribution in [0.3, 0.4) is 0 Å². The van der Waals surface area contributed by atoms with Gasteiger partial charge in [0, 0.05) is 17.3 Å². The molecule has 0 bridgehead atoms. The van der Waals surface area contributed by atoms with Crippen LogP contribution in [0.5, 0.6) is 0 Å². The molecule has 0 N–H and O–H groups in total. The first-order valence-electron chi connectivity index (χ1n) is 5.93. The molecule has 18 heavy (non-hydrogen) atoms. The minimum absolute atomic E-state index is 1.00. The first kappa shape index (κ1) is 10.7. The van der Waals surface area contributed by atoms with Gasteiger partial charge in [-0.3, -0.25) is 4.98 Å². The van der Waals surface area contributed by atoms with Crippen molar-refractivity contribution in [2.24, 2.45) is 0 Å². The molecular formula is C17H12N. The van der Waals surface area contributed by atoms with Crippen molar-refractivity contribution in [3.63, 3.8) is 0 Å². The highest BCUT2D eigenvalue weighted by molar-refractivity contribution is 5.80. The fraction of sp³-hybridized carbons (Fsp3) is 0. The lowest BCUT2D eigenvalue weighted by atomic mass is 10.00. The van der Waals surface area contributed by atoms with E-state index in [-0.39, 0.29) is 0 Å². The molecule has 0 aliphatic rings. The Morgan fingerprint density at radius 1 is 0.778 bits per heavy atom. The average Bonchev–Trinajstić information content (AvgIpc) is 2.49. The number of hydrogen-bond donors (Lipinski definition) is 0. The monoisotopic (exact) mass is 230 g/mol. The van der Waals surface area contributed by atoms with Crippen LogP contribution in [0, 0.1) is 6.07 Å². The molecule has 1 heterocycles. The van der Waals surface area contributed by atoms with E-state index in [1.807, 2.05) is 48.7 Å². The highest BCUT2D eigenvalue weighted by Gasteiger charge is 2.07. The summed E-state index contributed by atoms with van der Waals surface area (Å²) in [5, 5.41) is 0. The molecule has 3 aromatic rings. The molecule has 0 unspecified atom stereocenters. The maximum absolute atomic E-state index is 4.51. The number of hydrogen-bond acceptors (Lipinski definition) is 1. The summed E-state index contributed by atoms with van der Waals surface area (Å²) >= 11 is 0. The summed E-state index contributed by atoms with van der Waals surface area (Å²) in [6.07, 6.45) is 1.83. The van der Waals surface area contributed by atoms with Gasteiger partial charge >= 0.3 is 0 Å². The third-order valence-electron chi connectivity index (χ3n) is 2.85. The van der Waals surface area contributed by atoms with Crippen molar-refractivity contribution in [3.05, 3.63) is 79.0 Å². The van der Waals surface area contributed by atoms with Crippen LogP contribution in [0.15, 0.2) is 72.9 Å². The largest absolute Gasteiger partial charge is 0.256 e. The fourth-order valence-electron chi connectivity index (χ4n) is 2.01. The first-order chi connectivity index (χ1) is 8.95. The van der Waals surface area contributed by atoms with Crippen LogP contribution in [0.25, 0.3) is 22.4 Å². The van der Waals surface area contributed by atoms with E-state index in [0.717, 1.165) is 22.4 Å². The van der Waals surface area contributed by atoms with Gasteiger partial charge in [0.1, 0.15) is 0 Å². The third kappa shape index (κ3) is 2.03. The number of pyridine rings is 1. The number of aromatic nitrogens is 1. The highest BCUT2D eigenvalue weighted by Crippen LogP contribution is 2.29. The molecule has 85 valence electrons. The molecule has 3 rings (SSSR count). The van der Waals surface area contributed by atoms with E-state index >= 15 is 0 Å². The Balaban J connectivity index is 2.18. The topological polar surface area (TPSA) is 12.9 Å². The lowest BCUT2D eigenvalue weighted by molar-refractivity contribution is 1.32. The maximum Gasteiger partial charge on any atom is 0.0780 e. The maximum atomic E-state index is 4.51. The van der Waals surface area contributed by atoms with Gasteiger partial charge in [0.2, 0.25) is 0 Å². The molecule has 1 aromatic heterocycles. The predicted molar refractivity (Wildman–Crippen MR) is 73.9 cm³/mol. The van der Waals surface area contributed by atoms with Gasteiger partial charge in [-0.1, -0.05) is 60.7 Å². The number of benzene rings is 2. The van der Waals surface area contributed by atoms with E-state index in [2.05, 4.69) is 35.3 Å². The zero-order valence-corrected chi connectivity index (χ0v) is 9.88. The average molecular weight is 230 g/mol. The zero-order chi connectivity index (χ0) is 12.2. The summed E-state index contributed by atoms with van der Waals surface area (Å²) in [4.78, 5) is 4.51. The zero-order valence-electron chi connectivity index (χ0n) is 9.88. The SMILES string of the molecule is [c]1ccccc1-c1cccnc1-c1ccccc1. The Kier molecular flexibility index (Phi) is 2.89. The quantitative estimate of drug-likeness (QED) is 0.642. The standard InChI is InChI=1S/C17H12N/c1-3-8-14(9-4-1)16-12-7-13-18-17(16)15-10-5-2-6-11-15/h1-8,10-13H. The molecule has 2 aromatic carbocycles. The van der Waals surface area contributed by atoms with E-state index < -0.39 is 0 Å². The molecule has 0 fully saturated rings. The van der Waals surface area contributed by atoms with Crippen LogP contribution in [-0.2, 0) is 0 Å². The second kappa shape index (κ2) is 4.84. The molecule has 0 spiro atoms. The summed E-state index contributed by atoms with van der Waals surface area (Å²) < 4.78 is 0. The van der Waals surface area contributed by atoms with Crippen molar-refractivity contribution < 1.29 is 0 Å². The Labute approximate surface area is 107 Å². The van der Waals surface area contributed by atoms with Gasteiger partial charge in [0.05, 0.1) is 5.69 Å². The summed E-state index contributed by atoms with van der Waals surface area (Å²) in [6, 6.07) is 25.5. The van der Waals surface area contributed by atoms with Gasteiger partial charge < -0.3 is 0 Å². The van der Waals surface area contributed by atoms with Crippen LogP contribution in [0.4, 0.5) is 0 Å². The Hall–Kier alpha value is -2.41. The number of nitrogens with zero attached hydrogens (tertiary/aromatic N) is 1. The molecular weight excluding hydrogens is 218 g/mol. The molecule has 0 saturated carbocycles. The second-order valence-corrected chi connectivity index (χ2v) is 4.04. The minimum atomic E-state index is 1.00. The second-order valence-electron chi connectivity index (χ2n) is 4.04. The smallest absolute Gasteiger partial charge is 0.0780 e. The Morgan fingerprint density at radius 3 is 2.39 bits per heavy atom. The Bertz CT molecular complexity index is 572. The molecule has 1 heteroatoms. The minimum Gasteiger partial charge on any atom is -0.256 e. The van der Waals surface area contributed by atoms with Gasteiger partial charge in [-0.25, -0.2) is 0 Å². The van der Waals surface area contributed by atoms with Gasteiger partial charge in [-0.15, -0.1) is 0 Å². The lowest BCUT2D eigenvalue weighted by Crippen LogP contribution is -1.88. The van der Waals surface area contributed by atoms with Crippen LogP contribution in [0.2, 0.25) is 0 Å². The van der Waals surface area contributed by atoms with E-state index in [9.17, 15) is 0 Å². The van der Waals surface area contributed by atoms with Gasteiger partial charge in [0.25, 0.3) is 0 Å². The molecule has 1 radical (unpaired) electrons. The molecule has 0 aliphatic carbocycles. The summed E-state index contributed by atoms with van der Waals surface area (Å²) in [7, 11) is 0. The van der Waals surface area contributed by atoms with Crippen molar-refractivity contribution in [1.29, 1.82) is 0 Å². The molecule has 0 atom stereocenters. The first-order valence-corrected chi connectivity index (χ1v) is 5.93. The third-order valence-corrected chi connectivity index (χ3v) is 2.85. The fourth-order valence-corrected chi connectivity index (χ4v) is 2.01. The summed E-state index contributed by atoms with van der Waals surface area (Å²) in [6.45, 7) is 0. The Morgan fingerprint density at radius 2 is 1.61 bits per heavy atom. The van der Waals surface area contributed by atoms with Crippen molar-refractivity contribution in [3.8, 4) is 22.4 Å². The van der Waals surface area contributed by atoms with Crippen LogP contribution in [0.1, 0.15) is 0 Å². The predicted octanol–water partition coefficient (Wildman–Crippen LogP) is 4.22. The number of rotatable bonds is 2. The molecule has 0 amide bonds. The molecule has 0 saturated heterocycles. The summed E-state index contributed by atoms with van der Waals surface area (Å²) in [5.74, 6) is 0. The normalized spacial score (nSPS) is 10.2. The van der Waals surface area contributed by atoms with E-state index in [1.54, 1.807) is 0 Å². The van der Waals surface area contributed by atoms with Crippen LogP contribution < -0.4 is 0 Å². The summed E-state index contributed by atoms with van der Waals surface area (Å²) in [5.41, 5.74) is 4.32. The van der Waals surface area contributed by atoms with Gasteiger partial charge in [-0.05, 0) is 17.7 Å². The highest BCUT2D eigenvalue weighted by atomic mass is 14.7. The van der Waals surface area contributed by atoms with E-state index in [4.69, 9.17) is 0 Å². The van der Waals surface area contributed by atoms with Crippen molar-refractivity contribution in [2.45, 2.75) is 0 Å². The lowest BCUT2D eigenvalue weighted by Gasteiger charge is -2.08. The van der Waals surface area contributed by atoms with Crippen molar-refractivity contribution in [2.75, 3.05) is 0 Å². The molecule has 1 nitrogen and oxygen atoms in total. The van der Waals surface area contributed by atoms with Crippen LogP contribution in [-0.4, -0.2) is 4.98 Å².